The van der Waals surface area contributed by atoms with Crippen molar-refractivity contribution in [1.82, 2.24) is 0 Å². The molecule has 1 amide bonds. The molecule has 1 N–H and O–H groups in total. The van der Waals surface area contributed by atoms with E-state index in [1.807, 2.05) is 37.3 Å². The smallest absolute Gasteiger partial charge is 0.255 e. The molecule has 0 aliphatic rings. The number of carbonyl (C=O) groups excluding carboxylic acids is 1. The van der Waals surface area contributed by atoms with Gasteiger partial charge in [0.15, 0.2) is 0 Å². The number of hydrogen-bond acceptors (Lipinski definition) is 3. The van der Waals surface area contributed by atoms with Crippen molar-refractivity contribution in [2.75, 3.05) is 11.9 Å². The molecule has 0 aliphatic heterocycles. The number of ether oxygens (including phenoxy) is 2. The first kappa shape index (κ1) is 19.7. The molecule has 0 aromatic heterocycles. The van der Waals surface area contributed by atoms with Gasteiger partial charge in [0, 0.05) is 16.8 Å². The maximum atomic E-state index is 13.3. The van der Waals surface area contributed by atoms with Crippen molar-refractivity contribution in [2.45, 2.75) is 13.5 Å². The SMILES string of the molecule is CCOc1ccc(C(=O)Nc2ccc(F)c(Cl)c2)cc1COc1ccccc1. The van der Waals surface area contributed by atoms with E-state index in [1.54, 1.807) is 18.2 Å². The highest BCUT2D eigenvalue weighted by atomic mass is 35.5. The lowest BCUT2D eigenvalue weighted by Gasteiger charge is -2.13. The molecule has 0 fully saturated rings. The van der Waals surface area contributed by atoms with Crippen LogP contribution in [0.2, 0.25) is 5.02 Å². The van der Waals surface area contributed by atoms with Crippen LogP contribution in [0.25, 0.3) is 0 Å². The van der Waals surface area contributed by atoms with Gasteiger partial charge in [-0.25, -0.2) is 4.39 Å². The molecule has 3 rings (SSSR count). The van der Waals surface area contributed by atoms with Crippen LogP contribution in [0.4, 0.5) is 10.1 Å². The topological polar surface area (TPSA) is 47.6 Å². The largest absolute Gasteiger partial charge is 0.493 e. The van der Waals surface area contributed by atoms with E-state index in [0.717, 1.165) is 11.3 Å². The molecule has 3 aromatic rings. The summed E-state index contributed by atoms with van der Waals surface area (Å²) >= 11 is 5.76. The summed E-state index contributed by atoms with van der Waals surface area (Å²) in [5, 5.41) is 2.65. The highest BCUT2D eigenvalue weighted by molar-refractivity contribution is 6.31. The minimum Gasteiger partial charge on any atom is -0.493 e. The van der Waals surface area contributed by atoms with Crippen molar-refractivity contribution in [3.8, 4) is 11.5 Å². The Labute approximate surface area is 167 Å². The second-order valence-electron chi connectivity index (χ2n) is 5.94. The molecule has 0 spiro atoms. The number of hydrogen-bond donors (Lipinski definition) is 1. The Bertz CT molecular complexity index is 963. The number of rotatable bonds is 7. The third kappa shape index (κ3) is 5.02. The zero-order valence-electron chi connectivity index (χ0n) is 15.2. The van der Waals surface area contributed by atoms with Gasteiger partial charge in [-0.15, -0.1) is 0 Å². The first-order chi connectivity index (χ1) is 13.6. The quantitative estimate of drug-likeness (QED) is 0.553. The number of carbonyl (C=O) groups is 1. The van der Waals surface area contributed by atoms with Crippen molar-refractivity contribution in [3.05, 3.63) is 88.7 Å². The lowest BCUT2D eigenvalue weighted by Crippen LogP contribution is -2.13. The standard InChI is InChI=1S/C22H19ClFNO3/c1-2-27-21-11-8-15(12-16(21)14-28-18-6-4-3-5-7-18)22(26)25-17-9-10-20(24)19(23)13-17/h3-13H,2,14H2,1H3,(H,25,26). The minimum atomic E-state index is -0.541. The number of amides is 1. The Morgan fingerprint density at radius 1 is 1.04 bits per heavy atom. The average molecular weight is 400 g/mol. The summed E-state index contributed by atoms with van der Waals surface area (Å²) in [6.45, 7) is 2.64. The molecule has 0 saturated heterocycles. The highest BCUT2D eigenvalue weighted by Gasteiger charge is 2.12. The monoisotopic (exact) mass is 399 g/mol. The second kappa shape index (κ2) is 9.24. The Morgan fingerprint density at radius 3 is 2.54 bits per heavy atom. The van der Waals surface area contributed by atoms with Crippen molar-refractivity contribution in [2.24, 2.45) is 0 Å². The van der Waals surface area contributed by atoms with Crippen molar-refractivity contribution >= 4 is 23.2 Å². The van der Waals surface area contributed by atoms with E-state index in [2.05, 4.69) is 5.32 Å². The van der Waals surface area contributed by atoms with Crippen LogP contribution in [-0.2, 0) is 6.61 Å². The molecule has 0 atom stereocenters. The van der Waals surface area contributed by atoms with Gasteiger partial charge < -0.3 is 14.8 Å². The molecule has 0 radical (unpaired) electrons. The number of benzene rings is 3. The normalized spacial score (nSPS) is 10.4. The van der Waals surface area contributed by atoms with Gasteiger partial charge in [-0.3, -0.25) is 4.79 Å². The van der Waals surface area contributed by atoms with Gasteiger partial charge in [-0.1, -0.05) is 29.8 Å². The summed E-state index contributed by atoms with van der Waals surface area (Å²) in [6, 6.07) is 18.5. The van der Waals surface area contributed by atoms with Crippen molar-refractivity contribution in [1.29, 1.82) is 0 Å². The van der Waals surface area contributed by atoms with Crippen molar-refractivity contribution < 1.29 is 18.7 Å². The third-order valence-electron chi connectivity index (χ3n) is 3.94. The first-order valence-corrected chi connectivity index (χ1v) is 9.14. The van der Waals surface area contributed by atoms with Crippen LogP contribution in [0.5, 0.6) is 11.5 Å². The molecular formula is C22H19ClFNO3. The van der Waals surface area contributed by atoms with E-state index >= 15 is 0 Å². The minimum absolute atomic E-state index is 0.0542. The fourth-order valence-electron chi connectivity index (χ4n) is 2.58. The van der Waals surface area contributed by atoms with E-state index in [4.69, 9.17) is 21.1 Å². The molecule has 0 saturated carbocycles. The molecule has 0 bridgehead atoms. The molecule has 0 aliphatic carbocycles. The van der Waals surface area contributed by atoms with E-state index in [1.165, 1.54) is 18.2 Å². The van der Waals surface area contributed by atoms with Gasteiger partial charge in [0.2, 0.25) is 0 Å². The summed E-state index contributed by atoms with van der Waals surface area (Å²) in [5.41, 5.74) is 1.58. The van der Waals surface area contributed by atoms with Crippen LogP contribution in [-0.4, -0.2) is 12.5 Å². The summed E-state index contributed by atoms with van der Waals surface area (Å²) in [6.07, 6.45) is 0. The molecule has 6 heteroatoms. The molecule has 4 nitrogen and oxygen atoms in total. The number of nitrogens with one attached hydrogen (secondary N) is 1. The summed E-state index contributed by atoms with van der Waals surface area (Å²) < 4.78 is 24.7. The molecule has 28 heavy (non-hydrogen) atoms. The van der Waals surface area contributed by atoms with Gasteiger partial charge in [-0.2, -0.15) is 0 Å². The predicted octanol–water partition coefficient (Wildman–Crippen LogP) is 5.71. The maximum Gasteiger partial charge on any atom is 0.255 e. The van der Waals surface area contributed by atoms with E-state index in [9.17, 15) is 9.18 Å². The molecule has 3 aromatic carbocycles. The van der Waals surface area contributed by atoms with Crippen LogP contribution >= 0.6 is 11.6 Å². The zero-order valence-corrected chi connectivity index (χ0v) is 16.0. The summed E-state index contributed by atoms with van der Waals surface area (Å²) in [4.78, 5) is 12.6. The Morgan fingerprint density at radius 2 is 1.82 bits per heavy atom. The number of halogens is 2. The van der Waals surface area contributed by atoms with Crippen molar-refractivity contribution in [3.63, 3.8) is 0 Å². The summed E-state index contributed by atoms with van der Waals surface area (Å²) in [7, 11) is 0. The second-order valence-corrected chi connectivity index (χ2v) is 6.35. The van der Waals surface area contributed by atoms with Crippen LogP contribution in [0.15, 0.2) is 66.7 Å². The van der Waals surface area contributed by atoms with Gasteiger partial charge in [0.25, 0.3) is 5.91 Å². The first-order valence-electron chi connectivity index (χ1n) is 8.77. The molecular weight excluding hydrogens is 381 g/mol. The van der Waals surface area contributed by atoms with Gasteiger partial charge >= 0.3 is 0 Å². The van der Waals surface area contributed by atoms with Gasteiger partial charge in [-0.05, 0) is 55.5 Å². The van der Waals surface area contributed by atoms with Crippen LogP contribution in [0.1, 0.15) is 22.8 Å². The predicted molar refractivity (Wildman–Crippen MR) is 108 cm³/mol. The summed E-state index contributed by atoms with van der Waals surface area (Å²) in [5.74, 6) is 0.494. The Hall–Kier alpha value is -3.05. The van der Waals surface area contributed by atoms with Crippen LogP contribution < -0.4 is 14.8 Å². The molecule has 0 unspecified atom stereocenters. The number of para-hydroxylation sites is 1. The van der Waals surface area contributed by atoms with Crippen LogP contribution in [0, 0.1) is 5.82 Å². The third-order valence-corrected chi connectivity index (χ3v) is 4.23. The lowest BCUT2D eigenvalue weighted by atomic mass is 10.1. The highest BCUT2D eigenvalue weighted by Crippen LogP contribution is 2.24. The van der Waals surface area contributed by atoms with E-state index in [-0.39, 0.29) is 17.5 Å². The van der Waals surface area contributed by atoms with Gasteiger partial charge in [0.05, 0.1) is 11.6 Å². The van der Waals surface area contributed by atoms with E-state index in [0.29, 0.717) is 23.6 Å². The Kier molecular flexibility index (Phi) is 6.50. The fourth-order valence-corrected chi connectivity index (χ4v) is 2.77. The lowest BCUT2D eigenvalue weighted by molar-refractivity contribution is 0.102. The Balaban J connectivity index is 1.78. The zero-order chi connectivity index (χ0) is 19.9. The van der Waals surface area contributed by atoms with E-state index < -0.39 is 5.82 Å². The average Bonchev–Trinajstić information content (AvgIpc) is 2.71. The molecule has 0 heterocycles. The van der Waals surface area contributed by atoms with Gasteiger partial charge in [0.1, 0.15) is 23.9 Å². The number of anilines is 1. The maximum absolute atomic E-state index is 13.3. The molecule has 144 valence electrons. The fraction of sp³-hybridized carbons (Fsp3) is 0.136. The van der Waals surface area contributed by atoms with Crippen LogP contribution in [0.3, 0.4) is 0 Å².